The lowest BCUT2D eigenvalue weighted by Gasteiger charge is -2.39. The molecule has 3 amide bonds. The summed E-state index contributed by atoms with van der Waals surface area (Å²) in [5, 5.41) is 135. The van der Waals surface area contributed by atoms with Crippen LogP contribution in [0.3, 0.4) is 0 Å². The fourth-order valence-electron chi connectivity index (χ4n) is 6.31. The van der Waals surface area contributed by atoms with E-state index in [0.29, 0.717) is 0 Å². The van der Waals surface area contributed by atoms with Gasteiger partial charge in [0.2, 0.25) is 17.7 Å². The third-order valence-electron chi connectivity index (χ3n) is 9.71. The van der Waals surface area contributed by atoms with Crippen LogP contribution in [0.2, 0.25) is 0 Å². The number of rotatable bonds is 24. The number of carbonyl (C=O) groups is 4. The van der Waals surface area contributed by atoms with Gasteiger partial charge in [-0.3, -0.25) is 24.1 Å². The molecule has 348 valence electrons. The molecular weight excluding hydrogens is 820 g/mol. The molecule has 3 aliphatic rings. The van der Waals surface area contributed by atoms with Gasteiger partial charge in [0.1, 0.15) is 73.2 Å². The molecule has 0 spiro atoms. The Morgan fingerprint density at radius 2 is 0.850 bits per heavy atom. The maximum Gasteiger partial charge on any atom is 0.303 e. The minimum Gasteiger partial charge on any atom is -0.481 e. The molecule has 16 atom stereocenters. The van der Waals surface area contributed by atoms with Gasteiger partial charge in [0.25, 0.3) is 0 Å². The molecule has 0 aliphatic carbocycles. The number of hydrogen-bond acceptors (Lipinski definition) is 23. The van der Waals surface area contributed by atoms with Crippen LogP contribution in [0.1, 0.15) is 12.8 Å². The summed E-state index contributed by atoms with van der Waals surface area (Å²) in [6, 6.07) is -1.47. The third-order valence-corrected chi connectivity index (χ3v) is 9.71. The average Bonchev–Trinajstić information content (AvgIpc) is 3.22. The number of nitrogens with one attached hydrogen (secondary N) is 3. The lowest BCUT2D eigenvalue weighted by atomic mass is 9.99. The van der Waals surface area contributed by atoms with Crippen molar-refractivity contribution in [3.05, 3.63) is 0 Å². The number of aliphatic hydroxyl groups excluding tert-OH is 12. The first-order valence-electron chi connectivity index (χ1n) is 19.0. The standard InChI is InChI=1S/C33H58N4O23/c38-11-15-21(45)24(48)27(51)31(58-15)55-6-3-34-18(41)9-37(10-19(42)35-4-7-56-32-28(52)25(49)22(46)16(12-39)59-32)14(1-2-20(43)44)30(54)36-5-8-57-33-29(53)26(50)23(47)17(13-40)60-33/h14-17,21-29,31-33,38-40,45-53H,1-13H2,(H,34,41)(H,35,42)(H,36,54)(H,43,44)/t14?,15-,16-,17-,21-,22-,23-,24+,25+,26+,27+,28+,29+,31+,32+,33+/m1/s1. The number of amides is 3. The molecule has 3 rings (SSSR count). The summed E-state index contributed by atoms with van der Waals surface area (Å²) in [5.41, 5.74) is 0. The van der Waals surface area contributed by atoms with Gasteiger partial charge in [-0.25, -0.2) is 0 Å². The lowest BCUT2D eigenvalue weighted by molar-refractivity contribution is -0.300. The van der Waals surface area contributed by atoms with Crippen molar-refractivity contribution in [2.45, 2.75) is 111 Å². The van der Waals surface area contributed by atoms with Crippen LogP contribution >= 0.6 is 0 Å². The Labute approximate surface area is 341 Å². The van der Waals surface area contributed by atoms with Crippen LogP contribution in [0.25, 0.3) is 0 Å². The Morgan fingerprint density at radius 3 is 1.17 bits per heavy atom. The van der Waals surface area contributed by atoms with Crippen molar-refractivity contribution in [3.8, 4) is 0 Å². The van der Waals surface area contributed by atoms with Crippen molar-refractivity contribution in [1.29, 1.82) is 0 Å². The van der Waals surface area contributed by atoms with E-state index in [0.717, 1.165) is 4.90 Å². The number of nitrogens with zero attached hydrogens (tertiary/aromatic N) is 1. The van der Waals surface area contributed by atoms with Crippen LogP contribution in [0, 0.1) is 0 Å². The zero-order valence-corrected chi connectivity index (χ0v) is 32.3. The van der Waals surface area contributed by atoms with E-state index in [1.807, 2.05) is 0 Å². The summed E-state index contributed by atoms with van der Waals surface area (Å²) >= 11 is 0. The first kappa shape index (κ1) is 51.5. The SMILES string of the molecule is O=C(O)CCC(C(=O)NCCO[C@H]1O[C@H](CO)[C@@H](O)[C@H](O)[C@@H]1O)N(CC(=O)NCCO[C@H]1O[C@H](CO)[C@@H](O)[C@H](O)[C@@H]1O)CC(=O)NCCO[C@H]1O[C@H](CO)[C@@H](O)[C@H](O)[C@@H]1O. The van der Waals surface area contributed by atoms with Gasteiger partial charge in [0.05, 0.1) is 58.8 Å². The molecule has 27 heteroatoms. The summed E-state index contributed by atoms with van der Waals surface area (Å²) in [6.45, 7) is -5.49. The van der Waals surface area contributed by atoms with Crippen molar-refractivity contribution in [2.75, 3.05) is 72.4 Å². The molecule has 3 heterocycles. The molecule has 0 bridgehead atoms. The molecule has 3 saturated heterocycles. The third kappa shape index (κ3) is 14.6. The summed E-state index contributed by atoms with van der Waals surface area (Å²) in [7, 11) is 0. The highest BCUT2D eigenvalue weighted by molar-refractivity contribution is 5.86. The van der Waals surface area contributed by atoms with Crippen LogP contribution in [0.4, 0.5) is 0 Å². The summed E-state index contributed by atoms with van der Waals surface area (Å²) in [4.78, 5) is 52.4. The molecular formula is C33H58N4O23. The summed E-state index contributed by atoms with van der Waals surface area (Å²) < 4.78 is 31.8. The van der Waals surface area contributed by atoms with Gasteiger partial charge >= 0.3 is 5.97 Å². The predicted octanol–water partition coefficient (Wildman–Crippen LogP) is -10.7. The quantitative estimate of drug-likeness (QED) is 0.0400. The minimum atomic E-state index is -1.74. The van der Waals surface area contributed by atoms with E-state index in [4.69, 9.17) is 28.4 Å². The van der Waals surface area contributed by atoms with E-state index >= 15 is 0 Å². The zero-order chi connectivity index (χ0) is 44.7. The molecule has 0 aromatic rings. The highest BCUT2D eigenvalue weighted by Gasteiger charge is 2.46. The predicted molar refractivity (Wildman–Crippen MR) is 190 cm³/mol. The normalized spacial score (nSPS) is 35.1. The van der Waals surface area contributed by atoms with E-state index in [9.17, 15) is 85.6 Å². The molecule has 1 unspecified atom stereocenters. The monoisotopic (exact) mass is 878 g/mol. The van der Waals surface area contributed by atoms with Gasteiger partial charge < -0.3 is 111 Å². The van der Waals surface area contributed by atoms with Crippen LogP contribution < -0.4 is 16.0 Å². The average molecular weight is 879 g/mol. The Balaban J connectivity index is 1.65. The van der Waals surface area contributed by atoms with Gasteiger partial charge in [-0.05, 0) is 6.42 Å². The Kier molecular flexibility index (Phi) is 21.7. The molecule has 3 fully saturated rings. The van der Waals surface area contributed by atoms with Crippen LogP contribution in [-0.2, 0) is 47.6 Å². The van der Waals surface area contributed by atoms with E-state index < -0.39 is 168 Å². The van der Waals surface area contributed by atoms with Crippen molar-refractivity contribution < 1.29 is 114 Å². The maximum atomic E-state index is 13.5. The summed E-state index contributed by atoms with van der Waals surface area (Å²) in [6.07, 6.45) is -24.6. The van der Waals surface area contributed by atoms with Crippen molar-refractivity contribution in [3.63, 3.8) is 0 Å². The number of carboxylic acid groups (broad SMARTS) is 1. The number of aliphatic hydroxyl groups is 12. The Bertz CT molecular complexity index is 1280. The highest BCUT2D eigenvalue weighted by Crippen LogP contribution is 2.24. The smallest absolute Gasteiger partial charge is 0.303 e. The van der Waals surface area contributed by atoms with E-state index in [1.165, 1.54) is 0 Å². The minimum absolute atomic E-state index is 0.273. The fraction of sp³-hybridized carbons (Fsp3) is 0.879. The molecule has 0 saturated carbocycles. The largest absolute Gasteiger partial charge is 0.481 e. The second-order valence-electron chi connectivity index (χ2n) is 14.0. The van der Waals surface area contributed by atoms with E-state index in [2.05, 4.69) is 16.0 Å². The molecule has 0 aromatic carbocycles. The van der Waals surface area contributed by atoms with Crippen molar-refractivity contribution in [1.82, 2.24) is 20.9 Å². The molecule has 16 N–H and O–H groups in total. The van der Waals surface area contributed by atoms with Gasteiger partial charge in [0, 0.05) is 26.1 Å². The highest BCUT2D eigenvalue weighted by atomic mass is 16.7. The second kappa shape index (κ2) is 25.3. The fourth-order valence-corrected chi connectivity index (χ4v) is 6.31. The molecule has 3 aliphatic heterocycles. The van der Waals surface area contributed by atoms with Gasteiger partial charge in [-0.1, -0.05) is 0 Å². The lowest BCUT2D eigenvalue weighted by Crippen LogP contribution is -2.59. The Morgan fingerprint density at radius 1 is 0.517 bits per heavy atom. The number of carbonyl (C=O) groups excluding carboxylic acids is 3. The van der Waals surface area contributed by atoms with Crippen molar-refractivity contribution >= 4 is 23.7 Å². The molecule has 27 nitrogen and oxygen atoms in total. The van der Waals surface area contributed by atoms with E-state index in [1.54, 1.807) is 0 Å². The van der Waals surface area contributed by atoms with Gasteiger partial charge in [-0.15, -0.1) is 0 Å². The number of aliphatic carboxylic acids is 1. The maximum absolute atomic E-state index is 13.5. The number of ether oxygens (including phenoxy) is 6. The first-order valence-corrected chi connectivity index (χ1v) is 19.0. The molecule has 0 radical (unpaired) electrons. The van der Waals surface area contributed by atoms with Gasteiger partial charge in [-0.2, -0.15) is 0 Å². The van der Waals surface area contributed by atoms with Crippen molar-refractivity contribution in [2.24, 2.45) is 0 Å². The topological polar surface area (TPSA) is 426 Å². The van der Waals surface area contributed by atoms with Crippen LogP contribution in [0.15, 0.2) is 0 Å². The molecule has 60 heavy (non-hydrogen) atoms. The van der Waals surface area contributed by atoms with Gasteiger partial charge in [0.15, 0.2) is 18.9 Å². The van der Waals surface area contributed by atoms with Crippen LogP contribution in [-0.4, -0.2) is 266 Å². The molecule has 0 aromatic heterocycles. The number of hydrogen-bond donors (Lipinski definition) is 16. The first-order chi connectivity index (χ1) is 28.4. The zero-order valence-electron chi connectivity index (χ0n) is 32.3. The van der Waals surface area contributed by atoms with E-state index in [-0.39, 0.29) is 39.5 Å². The Hall–Kier alpha value is -2.88. The summed E-state index contributed by atoms with van der Waals surface area (Å²) in [5.74, 6) is -3.84. The van der Waals surface area contributed by atoms with Crippen LogP contribution in [0.5, 0.6) is 0 Å². The number of carboxylic acids is 1. The second-order valence-corrected chi connectivity index (χ2v) is 14.0.